The first-order valence-corrected chi connectivity index (χ1v) is 5.70. The van der Waals surface area contributed by atoms with Crippen molar-refractivity contribution in [2.24, 2.45) is 5.92 Å². The Bertz CT molecular complexity index is 282. The van der Waals surface area contributed by atoms with Crippen LogP contribution in [0.15, 0.2) is 0 Å². The van der Waals surface area contributed by atoms with Crippen molar-refractivity contribution in [1.29, 1.82) is 0 Å². The van der Waals surface area contributed by atoms with Gasteiger partial charge in [-0.3, -0.25) is 4.79 Å². The molecule has 0 spiro atoms. The first kappa shape index (κ1) is 10.9. The monoisotopic (exact) mass is 212 g/mol. The third-order valence-electron chi connectivity index (χ3n) is 3.79. The summed E-state index contributed by atoms with van der Waals surface area (Å²) in [5.74, 6) is 0.176. The van der Waals surface area contributed by atoms with E-state index in [0.717, 1.165) is 19.3 Å². The zero-order chi connectivity index (χ0) is 11.3. The molecule has 3 aliphatic rings. The smallest absolute Gasteiger partial charge is 0.302 e. The number of esters is 1. The molecule has 15 heavy (non-hydrogen) atoms. The largest absolute Gasteiger partial charge is 0.462 e. The number of carbonyl (C=O) groups excluding carboxylic acids is 1. The second kappa shape index (κ2) is 3.21. The Kier molecular flexibility index (Phi) is 2.34. The molecule has 0 amide bonds. The normalized spacial score (nSPS) is 42.7. The summed E-state index contributed by atoms with van der Waals surface area (Å²) in [4.78, 5) is 11.0. The average molecular weight is 212 g/mol. The van der Waals surface area contributed by atoms with Gasteiger partial charge in [0.2, 0.25) is 0 Å². The van der Waals surface area contributed by atoms with Crippen LogP contribution >= 0.6 is 0 Å². The maximum absolute atomic E-state index is 11.0. The Morgan fingerprint density at radius 3 is 2.53 bits per heavy atom. The minimum absolute atomic E-state index is 0.0463. The summed E-state index contributed by atoms with van der Waals surface area (Å²) < 4.78 is 11.5. The van der Waals surface area contributed by atoms with E-state index >= 15 is 0 Å². The van der Waals surface area contributed by atoms with Gasteiger partial charge >= 0.3 is 5.97 Å². The van der Waals surface area contributed by atoms with E-state index in [4.69, 9.17) is 9.47 Å². The molecule has 3 nitrogen and oxygen atoms in total. The lowest BCUT2D eigenvalue weighted by Gasteiger charge is -2.56. The van der Waals surface area contributed by atoms with Gasteiger partial charge in [-0.25, -0.2) is 0 Å². The fraction of sp³-hybridized carbons (Fsp3) is 0.917. The summed E-state index contributed by atoms with van der Waals surface area (Å²) in [6.07, 6.45) is 3.08. The molecule has 2 saturated heterocycles. The number of rotatable bonds is 1. The molecule has 0 unspecified atom stereocenters. The fourth-order valence-corrected chi connectivity index (χ4v) is 3.25. The topological polar surface area (TPSA) is 35.5 Å². The Hall–Kier alpha value is -0.570. The standard InChI is InChI=1S/C12H20O3/c1-8(13)14-10-7-12(4)6-5-9(10)11(2,3)15-12/h9-10H,5-7H2,1-4H3/t9-,10-,12+/m1/s1. The van der Waals surface area contributed by atoms with Crippen LogP contribution in [-0.2, 0) is 14.3 Å². The van der Waals surface area contributed by atoms with Crippen molar-refractivity contribution in [2.75, 3.05) is 0 Å². The van der Waals surface area contributed by atoms with Crippen molar-refractivity contribution >= 4 is 5.97 Å². The molecule has 1 saturated carbocycles. The van der Waals surface area contributed by atoms with Crippen molar-refractivity contribution in [3.63, 3.8) is 0 Å². The summed E-state index contributed by atoms with van der Waals surface area (Å²) in [5, 5.41) is 0. The van der Waals surface area contributed by atoms with E-state index in [1.54, 1.807) is 0 Å². The van der Waals surface area contributed by atoms with E-state index in [0.29, 0.717) is 5.92 Å². The number of hydrogen-bond donors (Lipinski definition) is 0. The van der Waals surface area contributed by atoms with Crippen molar-refractivity contribution in [2.45, 2.75) is 64.3 Å². The van der Waals surface area contributed by atoms with E-state index in [1.807, 2.05) is 0 Å². The number of carbonyl (C=O) groups is 1. The van der Waals surface area contributed by atoms with Crippen LogP contribution < -0.4 is 0 Å². The molecular weight excluding hydrogens is 192 g/mol. The molecule has 0 aromatic rings. The van der Waals surface area contributed by atoms with Crippen LogP contribution in [0.1, 0.15) is 47.0 Å². The molecule has 0 N–H and O–H groups in total. The highest BCUT2D eigenvalue weighted by molar-refractivity contribution is 5.66. The molecule has 2 heterocycles. The van der Waals surface area contributed by atoms with Crippen molar-refractivity contribution in [3.8, 4) is 0 Å². The molecule has 2 bridgehead atoms. The molecule has 0 aromatic carbocycles. The van der Waals surface area contributed by atoms with Gasteiger partial charge in [0.15, 0.2) is 0 Å². The van der Waals surface area contributed by atoms with Crippen molar-refractivity contribution in [1.82, 2.24) is 0 Å². The summed E-state index contributed by atoms with van der Waals surface area (Å²) >= 11 is 0. The van der Waals surface area contributed by atoms with E-state index in [9.17, 15) is 4.79 Å². The van der Waals surface area contributed by atoms with E-state index < -0.39 is 0 Å². The molecule has 1 aliphatic carbocycles. The molecule has 0 aromatic heterocycles. The van der Waals surface area contributed by atoms with Gasteiger partial charge in [0.25, 0.3) is 0 Å². The lowest BCUT2D eigenvalue weighted by atomic mass is 9.67. The zero-order valence-electron chi connectivity index (χ0n) is 10.0. The Morgan fingerprint density at radius 2 is 2.07 bits per heavy atom. The maximum atomic E-state index is 11.0. The first-order valence-electron chi connectivity index (χ1n) is 5.70. The fourth-order valence-electron chi connectivity index (χ4n) is 3.25. The quantitative estimate of drug-likeness (QED) is 0.625. The molecule has 3 heteroatoms. The van der Waals surface area contributed by atoms with Crippen LogP contribution in [0, 0.1) is 5.92 Å². The lowest BCUT2D eigenvalue weighted by Crippen LogP contribution is -2.60. The highest BCUT2D eigenvalue weighted by Gasteiger charge is 2.54. The summed E-state index contributed by atoms with van der Waals surface area (Å²) in [6, 6.07) is 0. The predicted octanol–water partition coefficient (Wildman–Crippen LogP) is 2.29. The Labute approximate surface area is 91.1 Å². The Morgan fingerprint density at radius 1 is 1.40 bits per heavy atom. The second-order valence-electron chi connectivity index (χ2n) is 5.65. The first-order chi connectivity index (χ1) is 6.82. The van der Waals surface area contributed by atoms with Gasteiger partial charge in [-0.2, -0.15) is 0 Å². The highest BCUT2D eigenvalue weighted by atomic mass is 16.6. The number of ether oxygens (including phenoxy) is 2. The molecule has 3 atom stereocenters. The van der Waals surface area contributed by atoms with Gasteiger partial charge in [-0.05, 0) is 33.6 Å². The SMILES string of the molecule is CC(=O)O[C@@H]1C[C@]2(C)CC[C@H]1C(C)(C)O2. The van der Waals surface area contributed by atoms with Gasteiger partial charge in [0.1, 0.15) is 6.10 Å². The van der Waals surface area contributed by atoms with Crippen LogP contribution in [0.3, 0.4) is 0 Å². The van der Waals surface area contributed by atoms with Crippen LogP contribution in [0.25, 0.3) is 0 Å². The lowest BCUT2D eigenvalue weighted by molar-refractivity contribution is -0.267. The van der Waals surface area contributed by atoms with Crippen molar-refractivity contribution in [3.05, 3.63) is 0 Å². The van der Waals surface area contributed by atoms with Crippen molar-refractivity contribution < 1.29 is 14.3 Å². The summed E-state index contributed by atoms with van der Waals surface area (Å²) in [6.45, 7) is 7.81. The van der Waals surface area contributed by atoms with Gasteiger partial charge in [-0.1, -0.05) is 0 Å². The van der Waals surface area contributed by atoms with Gasteiger partial charge in [-0.15, -0.1) is 0 Å². The molecule has 86 valence electrons. The minimum atomic E-state index is -0.174. The van der Waals surface area contributed by atoms with Gasteiger partial charge < -0.3 is 9.47 Å². The summed E-state index contributed by atoms with van der Waals surface area (Å²) in [7, 11) is 0. The van der Waals surface area contributed by atoms with Crippen LogP contribution in [0.2, 0.25) is 0 Å². The number of hydrogen-bond acceptors (Lipinski definition) is 3. The zero-order valence-corrected chi connectivity index (χ0v) is 10.0. The summed E-state index contributed by atoms with van der Waals surface area (Å²) in [5.41, 5.74) is -0.260. The Balaban J connectivity index is 2.19. The van der Waals surface area contributed by atoms with Crippen LogP contribution in [0.4, 0.5) is 0 Å². The van der Waals surface area contributed by atoms with Gasteiger partial charge in [0.05, 0.1) is 11.2 Å². The average Bonchev–Trinajstić information content (AvgIpc) is 1.97. The predicted molar refractivity (Wildman–Crippen MR) is 56.5 cm³/mol. The number of fused-ring (bicyclic) bond motifs is 3. The molecule has 2 aliphatic heterocycles. The molecule has 3 fully saturated rings. The highest BCUT2D eigenvalue weighted by Crippen LogP contribution is 2.50. The third-order valence-corrected chi connectivity index (χ3v) is 3.79. The van der Waals surface area contributed by atoms with Gasteiger partial charge in [0, 0.05) is 19.3 Å². The second-order valence-corrected chi connectivity index (χ2v) is 5.65. The van der Waals surface area contributed by atoms with E-state index in [2.05, 4.69) is 20.8 Å². The van der Waals surface area contributed by atoms with Crippen LogP contribution in [0.5, 0.6) is 0 Å². The van der Waals surface area contributed by atoms with Crippen LogP contribution in [-0.4, -0.2) is 23.3 Å². The molecular formula is C12H20O3. The molecule has 3 rings (SSSR count). The minimum Gasteiger partial charge on any atom is -0.462 e. The third kappa shape index (κ3) is 1.89. The van der Waals surface area contributed by atoms with E-state index in [1.165, 1.54) is 6.92 Å². The molecule has 0 radical (unpaired) electrons. The van der Waals surface area contributed by atoms with E-state index in [-0.39, 0.29) is 23.3 Å². The maximum Gasteiger partial charge on any atom is 0.302 e.